The Hall–Kier alpha value is -0.530. The lowest BCUT2D eigenvalue weighted by Gasteiger charge is -2.44. The maximum absolute atomic E-state index is 10.0. The molecule has 166 valence electrons. The molecule has 2 heteroatoms. The van der Waals surface area contributed by atoms with Gasteiger partial charge in [0.05, 0.1) is 6.10 Å². The monoisotopic (exact) mass is 420 g/mol. The van der Waals surface area contributed by atoms with E-state index >= 15 is 0 Å². The highest BCUT2D eigenvalue weighted by Crippen LogP contribution is 2.59. The maximum atomic E-state index is 10.0. The molecule has 0 amide bonds. The predicted molar refractivity (Wildman–Crippen MR) is 128 cm³/mol. The first-order chi connectivity index (χ1) is 13.3. The first kappa shape index (κ1) is 24.7. The fraction of sp³-hybridized carbons (Fsp3) is 0.778. The summed E-state index contributed by atoms with van der Waals surface area (Å²) in [5, 5.41) is 10.0. The summed E-state index contributed by atoms with van der Waals surface area (Å²) in [5.74, 6) is 3.37. The molecule has 1 unspecified atom stereocenters. The van der Waals surface area contributed by atoms with Crippen LogP contribution in [0.2, 0.25) is 0 Å². The van der Waals surface area contributed by atoms with Gasteiger partial charge >= 0.3 is 0 Å². The largest absolute Gasteiger partial charge is 0.393 e. The lowest BCUT2D eigenvalue weighted by atomic mass is 9.60. The molecule has 5 atom stereocenters. The lowest BCUT2D eigenvalue weighted by molar-refractivity contribution is 0.0929. The van der Waals surface area contributed by atoms with Gasteiger partial charge in [-0.05, 0) is 86.0 Å². The molecule has 0 aromatic heterocycles. The molecule has 0 spiro atoms. The summed E-state index contributed by atoms with van der Waals surface area (Å²) >= 11 is 0. The van der Waals surface area contributed by atoms with Gasteiger partial charge in [0.2, 0.25) is 0 Å². The summed E-state index contributed by atoms with van der Waals surface area (Å²) in [4.78, 5) is 0. The molecule has 0 saturated heterocycles. The third-order valence-corrected chi connectivity index (χ3v) is 8.35. The van der Waals surface area contributed by atoms with E-state index in [9.17, 15) is 5.11 Å². The predicted octanol–water partition coefficient (Wildman–Crippen LogP) is 8.04. The molecular formula is C27H45ClO. The van der Waals surface area contributed by atoms with Crippen molar-refractivity contribution in [2.45, 2.75) is 104 Å². The molecule has 1 N–H and O–H groups in total. The van der Waals surface area contributed by atoms with Gasteiger partial charge in [0.1, 0.15) is 0 Å². The molecule has 3 aliphatic rings. The molecule has 3 rings (SSSR count). The molecule has 3 aliphatic carbocycles. The second kappa shape index (κ2) is 10.7. The standard InChI is InChI=1S/C27H44O.ClH/c1-19(2)8-6-9-21(4)25-15-16-26-22(10-7-17-27(25,26)5)12-13-23-18-24(28)14-11-20(23)3;/h12-13,19,21,24-26,28H,3,6-11,14-18H2,1-2,4-5H3;1H/b22-12+,23-13+;/t21?,24-,25+,26-,27+;/m0./s1. The Bertz CT molecular complexity index is 616. The summed E-state index contributed by atoms with van der Waals surface area (Å²) in [6, 6.07) is 0. The summed E-state index contributed by atoms with van der Waals surface area (Å²) in [7, 11) is 0. The zero-order valence-corrected chi connectivity index (χ0v) is 20.2. The Balaban J connectivity index is 0.00000300. The first-order valence-electron chi connectivity index (χ1n) is 12.1. The van der Waals surface area contributed by atoms with E-state index < -0.39 is 0 Å². The minimum absolute atomic E-state index is 0. The summed E-state index contributed by atoms with van der Waals surface area (Å²) in [6.07, 6.45) is 18.2. The van der Waals surface area contributed by atoms with E-state index in [-0.39, 0.29) is 18.5 Å². The Morgan fingerprint density at radius 1 is 1.10 bits per heavy atom. The Morgan fingerprint density at radius 2 is 1.86 bits per heavy atom. The molecule has 3 saturated carbocycles. The van der Waals surface area contributed by atoms with Crippen LogP contribution in [0.1, 0.15) is 98.3 Å². The van der Waals surface area contributed by atoms with E-state index in [0.29, 0.717) is 5.41 Å². The first-order valence-corrected chi connectivity index (χ1v) is 12.1. The van der Waals surface area contributed by atoms with Crippen LogP contribution in [0, 0.1) is 29.1 Å². The van der Waals surface area contributed by atoms with Crippen LogP contribution in [0.5, 0.6) is 0 Å². The van der Waals surface area contributed by atoms with Crippen molar-refractivity contribution < 1.29 is 5.11 Å². The van der Waals surface area contributed by atoms with E-state index in [4.69, 9.17) is 0 Å². The van der Waals surface area contributed by atoms with Crippen LogP contribution in [0.15, 0.2) is 35.5 Å². The van der Waals surface area contributed by atoms with Gasteiger partial charge in [-0.3, -0.25) is 0 Å². The van der Waals surface area contributed by atoms with Crippen LogP contribution >= 0.6 is 12.4 Å². The fourth-order valence-corrected chi connectivity index (χ4v) is 6.66. The van der Waals surface area contributed by atoms with Crippen molar-refractivity contribution in [1.82, 2.24) is 0 Å². The summed E-state index contributed by atoms with van der Waals surface area (Å²) < 4.78 is 0. The van der Waals surface area contributed by atoms with Crippen molar-refractivity contribution in [1.29, 1.82) is 0 Å². The van der Waals surface area contributed by atoms with Crippen LogP contribution in [0.3, 0.4) is 0 Å². The molecule has 0 aliphatic heterocycles. The molecular weight excluding hydrogens is 376 g/mol. The zero-order valence-electron chi connectivity index (χ0n) is 19.4. The number of aliphatic hydroxyl groups excluding tert-OH is 1. The fourth-order valence-electron chi connectivity index (χ4n) is 6.66. The Labute approximate surface area is 186 Å². The Kier molecular flexibility index (Phi) is 9.10. The number of aliphatic hydroxyl groups is 1. The van der Waals surface area contributed by atoms with Crippen molar-refractivity contribution in [2.75, 3.05) is 0 Å². The van der Waals surface area contributed by atoms with Gasteiger partial charge in [-0.1, -0.05) is 76.8 Å². The third-order valence-electron chi connectivity index (χ3n) is 8.35. The third kappa shape index (κ3) is 5.79. The van der Waals surface area contributed by atoms with E-state index in [1.807, 2.05) is 0 Å². The van der Waals surface area contributed by atoms with Crippen molar-refractivity contribution in [3.63, 3.8) is 0 Å². The quantitative estimate of drug-likeness (QED) is 0.460. The highest BCUT2D eigenvalue weighted by atomic mass is 35.5. The van der Waals surface area contributed by atoms with Gasteiger partial charge in [0.15, 0.2) is 0 Å². The topological polar surface area (TPSA) is 20.2 Å². The highest BCUT2D eigenvalue weighted by molar-refractivity contribution is 5.85. The van der Waals surface area contributed by atoms with Crippen molar-refractivity contribution in [3.8, 4) is 0 Å². The van der Waals surface area contributed by atoms with Gasteiger partial charge in [-0.25, -0.2) is 0 Å². The lowest BCUT2D eigenvalue weighted by Crippen LogP contribution is -2.36. The van der Waals surface area contributed by atoms with Gasteiger partial charge in [-0.2, -0.15) is 0 Å². The highest BCUT2D eigenvalue weighted by Gasteiger charge is 2.50. The number of allylic oxidation sites excluding steroid dienone is 4. The molecule has 29 heavy (non-hydrogen) atoms. The van der Waals surface area contributed by atoms with Gasteiger partial charge in [-0.15, -0.1) is 12.4 Å². The van der Waals surface area contributed by atoms with Crippen LogP contribution in [0.4, 0.5) is 0 Å². The van der Waals surface area contributed by atoms with Crippen LogP contribution in [0.25, 0.3) is 0 Å². The second-order valence-electron chi connectivity index (χ2n) is 10.8. The number of fused-ring (bicyclic) bond motifs is 1. The average Bonchev–Trinajstić information content (AvgIpc) is 2.99. The number of halogens is 1. The van der Waals surface area contributed by atoms with E-state index in [1.165, 1.54) is 62.5 Å². The molecule has 0 bridgehead atoms. The van der Waals surface area contributed by atoms with E-state index in [2.05, 4.69) is 46.4 Å². The van der Waals surface area contributed by atoms with E-state index in [1.54, 1.807) is 5.57 Å². The van der Waals surface area contributed by atoms with Crippen molar-refractivity contribution in [3.05, 3.63) is 35.5 Å². The summed E-state index contributed by atoms with van der Waals surface area (Å²) in [6.45, 7) is 14.1. The number of hydrogen-bond donors (Lipinski definition) is 1. The van der Waals surface area contributed by atoms with Crippen LogP contribution in [-0.2, 0) is 0 Å². The molecule has 0 radical (unpaired) electrons. The van der Waals surface area contributed by atoms with Gasteiger partial charge < -0.3 is 5.11 Å². The second-order valence-corrected chi connectivity index (χ2v) is 10.8. The number of hydrogen-bond acceptors (Lipinski definition) is 1. The maximum Gasteiger partial charge on any atom is 0.0583 e. The minimum Gasteiger partial charge on any atom is -0.393 e. The normalized spacial score (nSPS) is 36.3. The smallest absolute Gasteiger partial charge is 0.0583 e. The van der Waals surface area contributed by atoms with Crippen molar-refractivity contribution >= 4 is 12.4 Å². The minimum atomic E-state index is -0.172. The molecule has 1 nitrogen and oxygen atoms in total. The Morgan fingerprint density at radius 3 is 2.59 bits per heavy atom. The van der Waals surface area contributed by atoms with E-state index in [0.717, 1.165) is 42.9 Å². The molecule has 0 aromatic rings. The average molecular weight is 421 g/mol. The molecule has 0 heterocycles. The SMILES string of the molecule is C=C1CC[C@H](O)C/C1=C\C=C1/CCC[C@]2(C)[C@@H](C(C)CCCC(C)C)CC[C@@H]12.Cl. The summed E-state index contributed by atoms with van der Waals surface area (Å²) in [5.41, 5.74) is 4.72. The van der Waals surface area contributed by atoms with Gasteiger partial charge in [0, 0.05) is 0 Å². The molecule has 0 aromatic carbocycles. The number of rotatable bonds is 6. The van der Waals surface area contributed by atoms with Crippen LogP contribution < -0.4 is 0 Å². The molecule has 3 fully saturated rings. The van der Waals surface area contributed by atoms with Gasteiger partial charge in [0.25, 0.3) is 0 Å². The zero-order chi connectivity index (χ0) is 20.3. The van der Waals surface area contributed by atoms with Crippen LogP contribution in [-0.4, -0.2) is 11.2 Å². The van der Waals surface area contributed by atoms with Crippen molar-refractivity contribution in [2.24, 2.45) is 29.1 Å².